The van der Waals surface area contributed by atoms with Crippen molar-refractivity contribution in [1.29, 1.82) is 0 Å². The molecule has 0 atom stereocenters. The van der Waals surface area contributed by atoms with Gasteiger partial charge in [-0.3, -0.25) is 0 Å². The maximum absolute atomic E-state index is 13.1. The summed E-state index contributed by atoms with van der Waals surface area (Å²) < 4.78 is 93.2. The van der Waals surface area contributed by atoms with Crippen molar-refractivity contribution < 1.29 is 50.2 Å². The smallest absolute Gasteiger partial charge is 0.416 e. The molecule has 0 aromatic heterocycles. The Balaban J connectivity index is 2.40. The van der Waals surface area contributed by atoms with Gasteiger partial charge in [-0.2, -0.15) is 26.3 Å². The summed E-state index contributed by atoms with van der Waals surface area (Å²) in [4.78, 5) is 17.2. The molecule has 0 heterocycles. The molecule has 0 spiro atoms. The molecule has 0 amide bonds. The van der Waals surface area contributed by atoms with E-state index in [0.29, 0.717) is 23.3 Å². The maximum Gasteiger partial charge on any atom is 0.416 e. The third-order valence-electron chi connectivity index (χ3n) is 4.34. The molecule has 2 aromatic rings. The van der Waals surface area contributed by atoms with Gasteiger partial charge in [0.2, 0.25) is 0 Å². The predicted octanol–water partition coefficient (Wildman–Crippen LogP) is 5.41. The zero-order chi connectivity index (χ0) is 25.5. The van der Waals surface area contributed by atoms with Crippen molar-refractivity contribution in [3.05, 3.63) is 76.5 Å². The molecule has 0 bridgehead atoms. The van der Waals surface area contributed by atoms with Crippen LogP contribution in [0.2, 0.25) is 0 Å². The van der Waals surface area contributed by atoms with Crippen molar-refractivity contribution in [2.45, 2.75) is 19.0 Å². The average Bonchev–Trinajstić information content (AvgIpc) is 2.78. The Morgan fingerprint density at radius 2 is 1.50 bits per heavy atom. The maximum atomic E-state index is 13.1. The lowest BCUT2D eigenvalue weighted by molar-refractivity contribution is -0.143. The normalized spacial score (nSPS) is 12.9. The average molecular weight is 491 g/mol. The summed E-state index contributed by atoms with van der Waals surface area (Å²) in [6, 6.07) is 7.28. The third kappa shape index (κ3) is 6.65. The van der Waals surface area contributed by atoms with Gasteiger partial charge in [-0.15, -0.1) is 0 Å². The van der Waals surface area contributed by atoms with E-state index in [1.54, 1.807) is 24.3 Å². The van der Waals surface area contributed by atoms with Crippen LogP contribution in [0.1, 0.15) is 27.8 Å². The number of nitrogens with zero attached hydrogens (tertiary/aromatic N) is 1. The number of ether oxygens (including phenoxy) is 3. The highest BCUT2D eigenvalue weighted by molar-refractivity contribution is 6.16. The number of esters is 1. The van der Waals surface area contributed by atoms with Gasteiger partial charge < -0.3 is 19.0 Å². The molecule has 0 fully saturated rings. The van der Waals surface area contributed by atoms with Crippen LogP contribution >= 0.6 is 0 Å². The van der Waals surface area contributed by atoms with Gasteiger partial charge in [0.1, 0.15) is 12.2 Å². The topological polar surface area (TPSA) is 66.4 Å². The fourth-order valence-electron chi connectivity index (χ4n) is 2.80. The SMILES string of the molecule is COC=C(C(=O)OC)c1ccccc1CON=C(OC)c1cc(C(F)(F)F)cc(C(F)(F)F)c1. The monoisotopic (exact) mass is 491 g/mol. The molecule has 34 heavy (non-hydrogen) atoms. The van der Waals surface area contributed by atoms with Gasteiger partial charge in [-0.05, 0) is 28.9 Å². The molecular weight excluding hydrogens is 472 g/mol. The van der Waals surface area contributed by atoms with Crippen molar-refractivity contribution in [3.8, 4) is 0 Å². The van der Waals surface area contributed by atoms with Crippen LogP contribution in [0.15, 0.2) is 53.9 Å². The van der Waals surface area contributed by atoms with Crippen molar-refractivity contribution in [2.24, 2.45) is 5.16 Å². The Labute approximate surface area is 190 Å². The van der Waals surface area contributed by atoms with Crippen LogP contribution in [0.3, 0.4) is 0 Å². The summed E-state index contributed by atoms with van der Waals surface area (Å²) in [5.41, 5.74) is -2.85. The van der Waals surface area contributed by atoms with Crippen molar-refractivity contribution in [1.82, 2.24) is 0 Å². The lowest BCUT2D eigenvalue weighted by Crippen LogP contribution is -2.14. The number of alkyl halides is 6. The molecule has 2 rings (SSSR count). The lowest BCUT2D eigenvalue weighted by Gasteiger charge is -2.15. The van der Waals surface area contributed by atoms with Crippen LogP contribution < -0.4 is 0 Å². The minimum Gasteiger partial charge on any atom is -0.503 e. The largest absolute Gasteiger partial charge is 0.503 e. The lowest BCUT2D eigenvalue weighted by atomic mass is 10.0. The molecule has 0 aliphatic carbocycles. The first kappa shape index (κ1) is 26.6. The first-order valence-electron chi connectivity index (χ1n) is 9.35. The molecule has 12 heteroatoms. The van der Waals surface area contributed by atoms with Crippen LogP contribution in [0.5, 0.6) is 0 Å². The van der Waals surface area contributed by atoms with Crippen molar-refractivity contribution in [2.75, 3.05) is 21.3 Å². The van der Waals surface area contributed by atoms with Gasteiger partial charge in [0, 0.05) is 11.1 Å². The van der Waals surface area contributed by atoms with Gasteiger partial charge >= 0.3 is 18.3 Å². The number of hydrogen-bond acceptors (Lipinski definition) is 6. The summed E-state index contributed by atoms with van der Waals surface area (Å²) in [5, 5.41) is 3.56. The summed E-state index contributed by atoms with van der Waals surface area (Å²) in [6.45, 7) is -0.313. The summed E-state index contributed by atoms with van der Waals surface area (Å²) in [5.74, 6) is -1.33. The van der Waals surface area contributed by atoms with Crippen LogP contribution in [0.4, 0.5) is 26.3 Å². The Bertz CT molecular complexity index is 1040. The van der Waals surface area contributed by atoms with E-state index in [1.165, 1.54) is 14.2 Å². The predicted molar refractivity (Wildman–Crippen MR) is 108 cm³/mol. The molecule has 184 valence electrons. The molecular formula is C22H19F6NO5. The standard InChI is InChI=1S/C22H19F6NO5/c1-31-12-18(20(30)33-3)17-7-5-4-6-13(17)11-34-29-19(32-2)14-8-15(21(23,24)25)10-16(9-14)22(26,27)28/h4-10,12H,11H2,1-3H3. The zero-order valence-electron chi connectivity index (χ0n) is 18.1. The van der Waals surface area contributed by atoms with Crippen molar-refractivity contribution >= 4 is 17.4 Å². The fraction of sp³-hybridized carbons (Fsp3) is 0.273. The molecule has 0 radical (unpaired) electrons. The number of oxime groups is 1. The molecule has 0 unspecified atom stereocenters. The van der Waals surface area contributed by atoms with E-state index < -0.39 is 40.9 Å². The Morgan fingerprint density at radius 1 is 0.912 bits per heavy atom. The molecule has 0 saturated heterocycles. The molecule has 0 N–H and O–H groups in total. The highest BCUT2D eigenvalue weighted by Crippen LogP contribution is 2.36. The Hall–Kier alpha value is -3.70. The number of benzene rings is 2. The number of hydrogen-bond donors (Lipinski definition) is 0. The van der Waals surface area contributed by atoms with Gasteiger partial charge in [0.25, 0.3) is 5.90 Å². The number of rotatable bonds is 7. The summed E-state index contributed by atoms with van der Waals surface area (Å²) in [6.07, 6.45) is -8.92. The molecule has 0 aliphatic rings. The van der Waals surface area contributed by atoms with E-state index in [9.17, 15) is 31.1 Å². The summed E-state index contributed by atoms with van der Waals surface area (Å²) >= 11 is 0. The minimum absolute atomic E-state index is 0.00956. The number of methoxy groups -OCH3 is 3. The van der Waals surface area contributed by atoms with Gasteiger partial charge in [0.15, 0.2) is 0 Å². The molecule has 6 nitrogen and oxygen atoms in total. The molecule has 2 aromatic carbocycles. The first-order chi connectivity index (χ1) is 15.9. The number of carbonyl (C=O) groups is 1. The number of halogens is 6. The van der Waals surface area contributed by atoms with Crippen LogP contribution in [0.25, 0.3) is 5.57 Å². The van der Waals surface area contributed by atoms with Crippen LogP contribution in [-0.4, -0.2) is 33.2 Å². The van der Waals surface area contributed by atoms with E-state index in [1.807, 2.05) is 0 Å². The highest BCUT2D eigenvalue weighted by Gasteiger charge is 2.37. The van der Waals surface area contributed by atoms with Gasteiger partial charge in [0.05, 0.1) is 38.7 Å². The van der Waals surface area contributed by atoms with E-state index in [2.05, 4.69) is 5.16 Å². The first-order valence-corrected chi connectivity index (χ1v) is 9.35. The van der Waals surface area contributed by atoms with E-state index >= 15 is 0 Å². The Morgan fingerprint density at radius 3 is 2.00 bits per heavy atom. The number of carbonyl (C=O) groups excluding carboxylic acids is 1. The van der Waals surface area contributed by atoms with Gasteiger partial charge in [-0.25, -0.2) is 4.79 Å². The fourth-order valence-corrected chi connectivity index (χ4v) is 2.80. The van der Waals surface area contributed by atoms with Crippen LogP contribution in [-0.2, 0) is 42.8 Å². The quantitative estimate of drug-likeness (QED) is 0.0986. The Kier molecular flexibility index (Phi) is 8.55. The third-order valence-corrected chi connectivity index (χ3v) is 4.34. The molecule has 0 aliphatic heterocycles. The van der Waals surface area contributed by atoms with Crippen molar-refractivity contribution in [3.63, 3.8) is 0 Å². The highest BCUT2D eigenvalue weighted by atomic mass is 19.4. The van der Waals surface area contributed by atoms with Gasteiger partial charge in [-0.1, -0.05) is 24.3 Å². The minimum atomic E-state index is -5.04. The second-order valence-corrected chi connectivity index (χ2v) is 6.58. The zero-order valence-corrected chi connectivity index (χ0v) is 18.1. The molecule has 0 saturated carbocycles. The second-order valence-electron chi connectivity index (χ2n) is 6.58. The van der Waals surface area contributed by atoms with E-state index in [-0.39, 0.29) is 18.2 Å². The van der Waals surface area contributed by atoms with E-state index in [4.69, 9.17) is 19.0 Å². The van der Waals surface area contributed by atoms with Crippen LogP contribution in [0, 0.1) is 0 Å². The van der Waals surface area contributed by atoms with E-state index in [0.717, 1.165) is 13.4 Å². The summed E-state index contributed by atoms with van der Waals surface area (Å²) in [7, 11) is 3.51. The second kappa shape index (κ2) is 10.9.